The number of fused-ring (bicyclic) bond motifs is 1. The summed E-state index contributed by atoms with van der Waals surface area (Å²) in [6.45, 7) is 0. The molecule has 116 valence electrons. The van der Waals surface area contributed by atoms with E-state index in [0.29, 0.717) is 16.9 Å². The zero-order valence-corrected chi connectivity index (χ0v) is 13.1. The summed E-state index contributed by atoms with van der Waals surface area (Å²) in [5.74, 6) is 1.49. The summed E-state index contributed by atoms with van der Waals surface area (Å²) >= 11 is 0. The van der Waals surface area contributed by atoms with Gasteiger partial charge in [0.1, 0.15) is 17.2 Å². The molecule has 0 atom stereocenters. The fourth-order valence-electron chi connectivity index (χ4n) is 2.63. The minimum absolute atomic E-state index is 0.172. The Balaban J connectivity index is 2.12. The third-order valence-corrected chi connectivity index (χ3v) is 3.75. The quantitative estimate of drug-likeness (QED) is 0.708. The fourth-order valence-corrected chi connectivity index (χ4v) is 2.63. The molecule has 0 aliphatic rings. The smallest absolute Gasteiger partial charge is 0.130 e. The number of rotatable bonds is 4. The van der Waals surface area contributed by atoms with Crippen molar-refractivity contribution in [3.8, 4) is 17.2 Å². The van der Waals surface area contributed by atoms with Crippen LogP contribution in [0.15, 0.2) is 54.6 Å². The van der Waals surface area contributed by atoms with Crippen LogP contribution < -0.4 is 9.47 Å². The first-order chi connectivity index (χ1) is 11.2. The number of ether oxygens (including phenoxy) is 2. The number of phenolic OH excluding ortho intramolecular Hbond substituents is 1. The van der Waals surface area contributed by atoms with Crippen molar-refractivity contribution in [2.45, 2.75) is 0 Å². The number of methoxy groups -OCH3 is 2. The molecule has 0 saturated heterocycles. The maximum absolute atomic E-state index is 10.4. The van der Waals surface area contributed by atoms with E-state index >= 15 is 0 Å². The molecule has 0 unspecified atom stereocenters. The van der Waals surface area contributed by atoms with Gasteiger partial charge < -0.3 is 14.6 Å². The second-order valence-electron chi connectivity index (χ2n) is 5.18. The predicted molar refractivity (Wildman–Crippen MR) is 94.1 cm³/mol. The Kier molecular flexibility index (Phi) is 4.20. The molecule has 3 heteroatoms. The van der Waals surface area contributed by atoms with E-state index in [-0.39, 0.29) is 5.75 Å². The average Bonchev–Trinajstić information content (AvgIpc) is 2.60. The minimum Gasteiger partial charge on any atom is -0.507 e. The van der Waals surface area contributed by atoms with E-state index in [2.05, 4.69) is 0 Å². The van der Waals surface area contributed by atoms with Gasteiger partial charge in [-0.3, -0.25) is 0 Å². The molecule has 23 heavy (non-hydrogen) atoms. The molecule has 0 bridgehead atoms. The van der Waals surface area contributed by atoms with Crippen molar-refractivity contribution in [3.05, 3.63) is 65.7 Å². The van der Waals surface area contributed by atoms with Crippen molar-refractivity contribution < 1.29 is 14.6 Å². The Morgan fingerprint density at radius 1 is 0.783 bits per heavy atom. The summed E-state index contributed by atoms with van der Waals surface area (Å²) in [5.41, 5.74) is 2.00. The van der Waals surface area contributed by atoms with Gasteiger partial charge in [0.15, 0.2) is 0 Å². The Morgan fingerprint density at radius 3 is 2.13 bits per heavy atom. The molecule has 0 aliphatic carbocycles. The SMILES string of the molecule is COc1ccc(OC)c2c(O)cc(/C=C/c3ccccc3)cc12. The van der Waals surface area contributed by atoms with Crippen LogP contribution in [0, 0.1) is 0 Å². The third kappa shape index (κ3) is 2.99. The van der Waals surface area contributed by atoms with Gasteiger partial charge in [-0.05, 0) is 35.4 Å². The highest BCUT2D eigenvalue weighted by atomic mass is 16.5. The normalized spacial score (nSPS) is 11.0. The van der Waals surface area contributed by atoms with Gasteiger partial charge in [0.25, 0.3) is 0 Å². The van der Waals surface area contributed by atoms with Gasteiger partial charge in [-0.15, -0.1) is 0 Å². The van der Waals surface area contributed by atoms with Gasteiger partial charge in [-0.1, -0.05) is 42.5 Å². The fraction of sp³-hybridized carbons (Fsp3) is 0.100. The van der Waals surface area contributed by atoms with Gasteiger partial charge in [-0.2, -0.15) is 0 Å². The zero-order valence-electron chi connectivity index (χ0n) is 13.1. The highest BCUT2D eigenvalue weighted by Gasteiger charge is 2.12. The summed E-state index contributed by atoms with van der Waals surface area (Å²) in [7, 11) is 3.20. The average molecular weight is 306 g/mol. The Labute approximate surface area is 135 Å². The molecule has 0 saturated carbocycles. The molecule has 3 aromatic carbocycles. The van der Waals surface area contributed by atoms with E-state index in [1.165, 1.54) is 0 Å². The van der Waals surface area contributed by atoms with Crippen LogP contribution in [0.5, 0.6) is 17.2 Å². The van der Waals surface area contributed by atoms with E-state index in [0.717, 1.165) is 16.5 Å². The largest absolute Gasteiger partial charge is 0.507 e. The molecule has 3 rings (SSSR count). The lowest BCUT2D eigenvalue weighted by molar-refractivity contribution is 0.407. The van der Waals surface area contributed by atoms with E-state index in [1.54, 1.807) is 26.4 Å². The van der Waals surface area contributed by atoms with Gasteiger partial charge >= 0.3 is 0 Å². The predicted octanol–water partition coefficient (Wildman–Crippen LogP) is 4.73. The van der Waals surface area contributed by atoms with Crippen molar-refractivity contribution in [2.24, 2.45) is 0 Å². The Morgan fingerprint density at radius 2 is 1.43 bits per heavy atom. The standard InChI is InChI=1S/C20H18O3/c1-22-18-10-11-19(23-2)20-16(18)12-15(13-17(20)21)9-8-14-6-4-3-5-7-14/h3-13,21H,1-2H3/b9-8+. The summed E-state index contributed by atoms with van der Waals surface area (Å²) < 4.78 is 10.8. The molecular formula is C20H18O3. The van der Waals surface area contributed by atoms with Crippen molar-refractivity contribution in [2.75, 3.05) is 14.2 Å². The van der Waals surface area contributed by atoms with Crippen LogP contribution in [0.1, 0.15) is 11.1 Å². The van der Waals surface area contributed by atoms with Crippen molar-refractivity contribution >= 4 is 22.9 Å². The highest BCUT2D eigenvalue weighted by Crippen LogP contribution is 2.39. The lowest BCUT2D eigenvalue weighted by Crippen LogP contribution is -1.90. The molecule has 1 N–H and O–H groups in total. The lowest BCUT2D eigenvalue weighted by Gasteiger charge is -2.12. The first kappa shape index (κ1) is 15.0. The lowest BCUT2D eigenvalue weighted by atomic mass is 10.0. The third-order valence-electron chi connectivity index (χ3n) is 3.75. The van der Waals surface area contributed by atoms with E-state index < -0.39 is 0 Å². The number of phenols is 1. The molecule has 0 amide bonds. The number of hydrogen-bond donors (Lipinski definition) is 1. The van der Waals surface area contributed by atoms with Crippen molar-refractivity contribution in [3.63, 3.8) is 0 Å². The van der Waals surface area contributed by atoms with Gasteiger partial charge in [0, 0.05) is 5.39 Å². The first-order valence-corrected chi connectivity index (χ1v) is 7.34. The maximum Gasteiger partial charge on any atom is 0.130 e. The second kappa shape index (κ2) is 6.44. The van der Waals surface area contributed by atoms with Crippen LogP contribution in [0.3, 0.4) is 0 Å². The summed E-state index contributed by atoms with van der Waals surface area (Å²) in [4.78, 5) is 0. The second-order valence-corrected chi connectivity index (χ2v) is 5.18. The summed E-state index contributed by atoms with van der Waals surface area (Å²) in [5, 5.41) is 11.9. The number of hydrogen-bond acceptors (Lipinski definition) is 3. The van der Waals surface area contributed by atoms with Gasteiger partial charge in [-0.25, -0.2) is 0 Å². The van der Waals surface area contributed by atoms with Crippen LogP contribution in [0.2, 0.25) is 0 Å². The molecule has 3 nitrogen and oxygen atoms in total. The topological polar surface area (TPSA) is 38.7 Å². The van der Waals surface area contributed by atoms with E-state index in [1.807, 2.05) is 54.6 Å². The molecule has 0 radical (unpaired) electrons. The monoisotopic (exact) mass is 306 g/mol. The Bertz CT molecular complexity index is 852. The van der Waals surface area contributed by atoms with Crippen LogP contribution in [0.4, 0.5) is 0 Å². The van der Waals surface area contributed by atoms with E-state index in [9.17, 15) is 5.11 Å². The molecule has 0 fully saturated rings. The van der Waals surface area contributed by atoms with E-state index in [4.69, 9.17) is 9.47 Å². The summed E-state index contributed by atoms with van der Waals surface area (Å²) in [6.07, 6.45) is 3.97. The minimum atomic E-state index is 0.172. The molecule has 0 aliphatic heterocycles. The van der Waals surface area contributed by atoms with Crippen LogP contribution in [-0.4, -0.2) is 19.3 Å². The zero-order chi connectivity index (χ0) is 16.2. The van der Waals surface area contributed by atoms with Crippen LogP contribution in [0.25, 0.3) is 22.9 Å². The van der Waals surface area contributed by atoms with Crippen molar-refractivity contribution in [1.82, 2.24) is 0 Å². The highest BCUT2D eigenvalue weighted by molar-refractivity contribution is 5.99. The summed E-state index contributed by atoms with van der Waals surface area (Å²) in [6, 6.07) is 17.4. The first-order valence-electron chi connectivity index (χ1n) is 7.34. The number of aromatic hydroxyl groups is 1. The van der Waals surface area contributed by atoms with Crippen LogP contribution >= 0.6 is 0 Å². The number of benzene rings is 3. The molecule has 0 aromatic heterocycles. The maximum atomic E-state index is 10.4. The molecule has 0 heterocycles. The Hall–Kier alpha value is -2.94. The van der Waals surface area contributed by atoms with Gasteiger partial charge in [0.2, 0.25) is 0 Å². The molecular weight excluding hydrogens is 288 g/mol. The van der Waals surface area contributed by atoms with Crippen LogP contribution in [-0.2, 0) is 0 Å². The molecule has 3 aromatic rings. The van der Waals surface area contributed by atoms with Gasteiger partial charge in [0.05, 0.1) is 19.6 Å². The van der Waals surface area contributed by atoms with Crippen molar-refractivity contribution in [1.29, 1.82) is 0 Å². The molecule has 0 spiro atoms.